The highest BCUT2D eigenvalue weighted by Gasteiger charge is 2.43. The van der Waals surface area contributed by atoms with Crippen LogP contribution in [0, 0.1) is 17.3 Å². The average Bonchev–Trinajstić information content (AvgIpc) is 2.77. The summed E-state index contributed by atoms with van der Waals surface area (Å²) in [6, 6.07) is 7.77. The van der Waals surface area contributed by atoms with Crippen LogP contribution in [0.3, 0.4) is 0 Å². The molecule has 0 aliphatic carbocycles. The molecule has 1 aliphatic rings. The topological polar surface area (TPSA) is 133 Å². The van der Waals surface area contributed by atoms with E-state index < -0.39 is 29.2 Å². The van der Waals surface area contributed by atoms with Crippen molar-refractivity contribution in [3.8, 4) is 0 Å². The normalized spacial score (nSPS) is 16.5. The Bertz CT molecular complexity index is 889. The summed E-state index contributed by atoms with van der Waals surface area (Å²) in [6.45, 7) is 9.96. The quantitative estimate of drug-likeness (QED) is 0.363. The fraction of sp³-hybridized carbons (Fsp3) is 0.615. The van der Waals surface area contributed by atoms with E-state index in [4.69, 9.17) is 5.73 Å². The van der Waals surface area contributed by atoms with Gasteiger partial charge in [-0.2, -0.15) is 0 Å². The van der Waals surface area contributed by atoms with Gasteiger partial charge in [-0.05, 0) is 42.7 Å². The van der Waals surface area contributed by atoms with Gasteiger partial charge in [0.15, 0.2) is 0 Å². The number of hydroxylamine groups is 2. The molecule has 0 aromatic heterocycles. The van der Waals surface area contributed by atoms with Crippen LogP contribution in [0.5, 0.6) is 0 Å². The lowest BCUT2D eigenvalue weighted by Crippen LogP contribution is -2.58. The third-order valence-corrected chi connectivity index (χ3v) is 6.26. The zero-order chi connectivity index (χ0) is 26.3. The van der Waals surface area contributed by atoms with Crippen molar-refractivity contribution in [3.05, 3.63) is 35.9 Å². The van der Waals surface area contributed by atoms with Gasteiger partial charge in [-0.3, -0.25) is 24.4 Å². The third-order valence-electron chi connectivity index (χ3n) is 6.26. The van der Waals surface area contributed by atoms with Crippen molar-refractivity contribution in [2.75, 3.05) is 13.1 Å². The predicted octanol–water partition coefficient (Wildman–Crippen LogP) is 2.58. The van der Waals surface area contributed by atoms with E-state index in [0.717, 1.165) is 0 Å². The maximum absolute atomic E-state index is 13.5. The van der Waals surface area contributed by atoms with Crippen molar-refractivity contribution < 1.29 is 24.4 Å². The predicted molar refractivity (Wildman–Crippen MR) is 132 cm³/mol. The van der Waals surface area contributed by atoms with E-state index in [9.17, 15) is 24.4 Å². The van der Waals surface area contributed by atoms with Crippen LogP contribution in [0.1, 0.15) is 70.7 Å². The Morgan fingerprint density at radius 2 is 1.69 bits per heavy atom. The first-order valence-corrected chi connectivity index (χ1v) is 12.3. The second kappa shape index (κ2) is 12.2. The molecule has 9 nitrogen and oxygen atoms in total. The van der Waals surface area contributed by atoms with Crippen molar-refractivity contribution in [1.82, 2.24) is 15.3 Å². The number of carbonyl (C=O) groups is 4. The second-order valence-electron chi connectivity index (χ2n) is 10.9. The molecular formula is C26H40N4O5. The van der Waals surface area contributed by atoms with Crippen LogP contribution < -0.4 is 11.1 Å². The summed E-state index contributed by atoms with van der Waals surface area (Å²) < 4.78 is 0. The van der Waals surface area contributed by atoms with Crippen LogP contribution in [-0.4, -0.2) is 64.0 Å². The molecule has 1 fully saturated rings. The highest BCUT2D eigenvalue weighted by atomic mass is 16.5. The van der Waals surface area contributed by atoms with E-state index in [2.05, 4.69) is 5.32 Å². The van der Waals surface area contributed by atoms with Gasteiger partial charge in [0, 0.05) is 37.0 Å². The zero-order valence-corrected chi connectivity index (χ0v) is 21.5. The van der Waals surface area contributed by atoms with Crippen LogP contribution in [0.25, 0.3) is 0 Å². The molecule has 35 heavy (non-hydrogen) atoms. The van der Waals surface area contributed by atoms with E-state index in [-0.39, 0.29) is 30.2 Å². The zero-order valence-electron chi connectivity index (χ0n) is 21.5. The van der Waals surface area contributed by atoms with E-state index in [1.807, 2.05) is 19.9 Å². The van der Waals surface area contributed by atoms with Crippen LogP contribution >= 0.6 is 0 Å². The summed E-state index contributed by atoms with van der Waals surface area (Å²) in [5, 5.41) is 14.5. The highest BCUT2D eigenvalue weighted by molar-refractivity contribution is 5.94. The Balaban J connectivity index is 2.08. The maximum atomic E-state index is 13.5. The van der Waals surface area contributed by atoms with Crippen molar-refractivity contribution in [3.63, 3.8) is 0 Å². The molecule has 0 saturated carbocycles. The Hall–Kier alpha value is -2.94. The molecule has 1 aromatic carbocycles. The molecule has 1 aromatic rings. The Labute approximate surface area is 208 Å². The van der Waals surface area contributed by atoms with Gasteiger partial charge in [0.25, 0.3) is 5.91 Å². The van der Waals surface area contributed by atoms with E-state index >= 15 is 0 Å². The minimum atomic E-state index is -1.12. The molecule has 4 N–H and O–H groups in total. The molecule has 1 aliphatic heterocycles. The van der Waals surface area contributed by atoms with Gasteiger partial charge in [-0.15, -0.1) is 0 Å². The van der Waals surface area contributed by atoms with Gasteiger partial charge in [-0.1, -0.05) is 52.8 Å². The number of nitrogens with one attached hydrogen (secondary N) is 1. The van der Waals surface area contributed by atoms with Crippen molar-refractivity contribution >= 4 is 23.6 Å². The highest BCUT2D eigenvalue weighted by Crippen LogP contribution is 2.29. The van der Waals surface area contributed by atoms with E-state index in [0.29, 0.717) is 43.0 Å². The first-order chi connectivity index (χ1) is 16.3. The number of amides is 4. The average molecular weight is 489 g/mol. The van der Waals surface area contributed by atoms with Gasteiger partial charge in [0.05, 0.1) is 0 Å². The van der Waals surface area contributed by atoms with Gasteiger partial charge in [-0.25, -0.2) is 5.06 Å². The van der Waals surface area contributed by atoms with Crippen molar-refractivity contribution in [2.24, 2.45) is 23.0 Å². The fourth-order valence-corrected chi connectivity index (χ4v) is 4.51. The smallest absolute Gasteiger partial charge is 0.251 e. The van der Waals surface area contributed by atoms with E-state index in [1.165, 1.54) is 0 Å². The minimum absolute atomic E-state index is 0.0716. The van der Waals surface area contributed by atoms with Crippen molar-refractivity contribution in [1.29, 1.82) is 0 Å². The Kier molecular flexibility index (Phi) is 9.82. The van der Waals surface area contributed by atoms with Gasteiger partial charge in [0.2, 0.25) is 17.7 Å². The summed E-state index contributed by atoms with van der Waals surface area (Å²) in [4.78, 5) is 52.3. The first kappa shape index (κ1) is 28.3. The fourth-order valence-electron chi connectivity index (χ4n) is 4.51. The van der Waals surface area contributed by atoms with Crippen LogP contribution in [0.4, 0.5) is 0 Å². The number of piperidine rings is 1. The SMILES string of the molecule is CC(C)C[C@H](CC(N)=O)C(=O)N(O)[C@H](C(=O)N1CCC(NC(=O)c2ccccc2)CC1)C(C)(C)C. The number of nitrogens with two attached hydrogens (primary N) is 1. The Morgan fingerprint density at radius 1 is 1.11 bits per heavy atom. The lowest BCUT2D eigenvalue weighted by atomic mass is 9.84. The molecule has 2 rings (SSSR count). The number of benzene rings is 1. The molecule has 2 atom stereocenters. The lowest BCUT2D eigenvalue weighted by molar-refractivity contribution is -0.197. The molecular weight excluding hydrogens is 448 g/mol. The summed E-state index contributed by atoms with van der Waals surface area (Å²) in [7, 11) is 0. The molecule has 194 valence electrons. The summed E-state index contributed by atoms with van der Waals surface area (Å²) in [5.41, 5.74) is 5.16. The number of carbonyl (C=O) groups excluding carboxylic acids is 4. The van der Waals surface area contributed by atoms with Crippen LogP contribution in [0.15, 0.2) is 30.3 Å². The number of primary amides is 1. The largest absolute Gasteiger partial charge is 0.370 e. The van der Waals surface area contributed by atoms with Crippen LogP contribution in [-0.2, 0) is 14.4 Å². The molecule has 0 radical (unpaired) electrons. The number of likely N-dealkylation sites (tertiary alicyclic amines) is 1. The summed E-state index contributed by atoms with van der Waals surface area (Å²) in [6.07, 6.45) is 1.32. The van der Waals surface area contributed by atoms with Gasteiger partial charge >= 0.3 is 0 Å². The minimum Gasteiger partial charge on any atom is -0.370 e. The Morgan fingerprint density at radius 3 is 2.17 bits per heavy atom. The molecule has 9 heteroatoms. The first-order valence-electron chi connectivity index (χ1n) is 12.3. The van der Waals surface area contributed by atoms with Gasteiger partial charge < -0.3 is 16.0 Å². The molecule has 0 unspecified atom stereocenters. The summed E-state index contributed by atoms with van der Waals surface area (Å²) in [5.74, 6) is -2.50. The number of hydrogen-bond donors (Lipinski definition) is 3. The standard InChI is InChI=1S/C26H40N4O5/c1-17(2)15-19(16-21(27)31)24(33)30(35)22(26(3,4)5)25(34)29-13-11-20(12-14-29)28-23(32)18-9-7-6-8-10-18/h6-10,17,19-20,22,35H,11-16H2,1-5H3,(H2,27,31)(H,28,32)/t19-,22-/m1/s1. The van der Waals surface area contributed by atoms with Crippen LogP contribution in [0.2, 0.25) is 0 Å². The second-order valence-corrected chi connectivity index (χ2v) is 10.9. The van der Waals surface area contributed by atoms with E-state index in [1.54, 1.807) is 49.9 Å². The molecule has 0 bridgehead atoms. The lowest BCUT2D eigenvalue weighted by Gasteiger charge is -2.41. The summed E-state index contributed by atoms with van der Waals surface area (Å²) >= 11 is 0. The number of nitrogens with zero attached hydrogens (tertiary/aromatic N) is 2. The molecule has 1 saturated heterocycles. The number of hydrogen-bond acceptors (Lipinski definition) is 5. The van der Waals surface area contributed by atoms with Crippen molar-refractivity contribution in [2.45, 2.75) is 72.4 Å². The monoisotopic (exact) mass is 488 g/mol. The molecule has 4 amide bonds. The third kappa shape index (κ3) is 8.06. The molecule has 0 spiro atoms. The molecule has 1 heterocycles. The maximum Gasteiger partial charge on any atom is 0.251 e. The van der Waals surface area contributed by atoms with Gasteiger partial charge in [0.1, 0.15) is 6.04 Å². The number of rotatable bonds is 9.